The number of carbonyl (C=O) groups is 1. The number of aromatic nitrogens is 1. The molecule has 0 bridgehead atoms. The molecule has 4 rings (SSSR count). The van der Waals surface area contributed by atoms with Crippen LogP contribution in [0.5, 0.6) is 11.5 Å². The molecule has 7 nitrogen and oxygen atoms in total. The molecule has 2 fully saturated rings. The Bertz CT molecular complexity index is 968. The zero-order valence-corrected chi connectivity index (χ0v) is 16.5. The Hall–Kier alpha value is -2.59. The molecule has 3 N–H and O–H groups in total. The topological polar surface area (TPSA) is 102 Å². The number of phenols is 1. The van der Waals surface area contributed by atoms with Crippen molar-refractivity contribution < 1.29 is 32.3 Å². The Balaban J connectivity index is 1.66. The van der Waals surface area contributed by atoms with Gasteiger partial charge in [0.15, 0.2) is 11.5 Å². The van der Waals surface area contributed by atoms with Gasteiger partial charge in [0.2, 0.25) is 0 Å². The Morgan fingerprint density at radius 2 is 2.03 bits per heavy atom. The maximum Gasteiger partial charge on any atom is 0.491 e. The van der Waals surface area contributed by atoms with E-state index in [0.717, 1.165) is 25.9 Å². The van der Waals surface area contributed by atoms with Crippen LogP contribution in [0.3, 0.4) is 0 Å². The molecule has 2 aromatic rings. The number of alkyl halides is 3. The van der Waals surface area contributed by atoms with Crippen LogP contribution in [0, 0.1) is 19.3 Å². The van der Waals surface area contributed by atoms with E-state index in [9.17, 15) is 23.1 Å². The second kappa shape index (κ2) is 6.98. The number of esters is 1. The Kier molecular flexibility index (Phi) is 4.81. The van der Waals surface area contributed by atoms with E-state index in [1.54, 1.807) is 19.9 Å². The minimum absolute atomic E-state index is 0.170. The minimum Gasteiger partial charge on any atom is -0.504 e. The van der Waals surface area contributed by atoms with Crippen molar-refractivity contribution in [2.24, 2.45) is 11.1 Å². The quantitative estimate of drug-likeness (QED) is 0.573. The number of aromatic hydroxyl groups is 1. The molecule has 0 unspecified atom stereocenters. The van der Waals surface area contributed by atoms with E-state index in [4.69, 9.17) is 10.3 Å². The number of nitrogens with two attached hydrogens (primary N) is 1. The summed E-state index contributed by atoms with van der Waals surface area (Å²) in [5, 5.41) is 14.3. The third kappa shape index (κ3) is 3.65. The Morgan fingerprint density at radius 3 is 2.57 bits per heavy atom. The first-order valence-electron chi connectivity index (χ1n) is 9.53. The van der Waals surface area contributed by atoms with E-state index in [1.807, 2.05) is 4.90 Å². The van der Waals surface area contributed by atoms with Crippen molar-refractivity contribution in [3.05, 3.63) is 29.2 Å². The average Bonchev–Trinajstić information content (AvgIpc) is 2.91. The Labute approximate surface area is 170 Å². The summed E-state index contributed by atoms with van der Waals surface area (Å²) in [6, 6.07) is 3.04. The summed E-state index contributed by atoms with van der Waals surface area (Å²) in [6.07, 6.45) is -3.33. The number of hydrogen-bond acceptors (Lipinski definition) is 7. The summed E-state index contributed by atoms with van der Waals surface area (Å²) < 4.78 is 47.9. The molecule has 0 atom stereocenters. The number of rotatable bonds is 4. The maximum absolute atomic E-state index is 12.7. The van der Waals surface area contributed by atoms with E-state index in [2.05, 4.69) is 9.89 Å². The lowest BCUT2D eigenvalue weighted by atomic mass is 9.61. The van der Waals surface area contributed by atoms with Crippen molar-refractivity contribution in [2.45, 2.75) is 45.5 Å². The number of nitrogens with zero attached hydrogens (tertiary/aromatic N) is 2. The van der Waals surface area contributed by atoms with Crippen molar-refractivity contribution in [2.75, 3.05) is 13.1 Å². The first kappa shape index (κ1) is 20.7. The summed E-state index contributed by atoms with van der Waals surface area (Å²) in [5.41, 5.74) is 8.05. The lowest BCUT2D eigenvalue weighted by Gasteiger charge is -2.58. The molecular formula is C20H22F3N3O4. The Morgan fingerprint density at radius 1 is 1.37 bits per heavy atom. The van der Waals surface area contributed by atoms with Crippen LogP contribution in [0.25, 0.3) is 11.1 Å². The number of phenolic OH excluding ortho intramolecular Hbond substituents is 1. The van der Waals surface area contributed by atoms with E-state index in [1.165, 1.54) is 6.07 Å². The van der Waals surface area contributed by atoms with Crippen molar-refractivity contribution in [3.63, 3.8) is 0 Å². The SMILES string of the molecule is Cc1noc(C)c1-c1cc(O)c(OC(=O)C(F)(F)F)c(CN2CC3(CC(N)C3)C2)c1. The van der Waals surface area contributed by atoms with E-state index in [-0.39, 0.29) is 23.6 Å². The number of hydrogen-bond donors (Lipinski definition) is 2. The van der Waals surface area contributed by atoms with Crippen LogP contribution in [-0.2, 0) is 11.3 Å². The first-order valence-corrected chi connectivity index (χ1v) is 9.53. The summed E-state index contributed by atoms with van der Waals surface area (Å²) >= 11 is 0. The van der Waals surface area contributed by atoms with E-state index < -0.39 is 23.6 Å². The third-order valence-corrected chi connectivity index (χ3v) is 5.80. The molecule has 1 saturated carbocycles. The molecule has 30 heavy (non-hydrogen) atoms. The van der Waals surface area contributed by atoms with Crippen LogP contribution in [0.1, 0.15) is 29.9 Å². The highest BCUT2D eigenvalue weighted by Gasteiger charge is 2.51. The predicted molar refractivity (Wildman–Crippen MR) is 99.7 cm³/mol. The highest BCUT2D eigenvalue weighted by molar-refractivity contribution is 5.80. The fourth-order valence-electron chi connectivity index (χ4n) is 4.66. The van der Waals surface area contributed by atoms with Crippen molar-refractivity contribution in [1.29, 1.82) is 0 Å². The third-order valence-electron chi connectivity index (χ3n) is 5.80. The molecule has 1 saturated heterocycles. The summed E-state index contributed by atoms with van der Waals surface area (Å²) in [6.45, 7) is 5.15. The summed E-state index contributed by atoms with van der Waals surface area (Å²) in [5.74, 6) is -2.92. The largest absolute Gasteiger partial charge is 0.504 e. The van der Waals surface area contributed by atoms with Gasteiger partial charge >= 0.3 is 12.1 Å². The zero-order chi connectivity index (χ0) is 21.8. The first-order chi connectivity index (χ1) is 14.0. The van der Waals surface area contributed by atoms with Crippen LogP contribution in [0.2, 0.25) is 0 Å². The molecule has 1 aliphatic heterocycles. The second-order valence-electron chi connectivity index (χ2n) is 8.38. The number of halogens is 3. The molecule has 1 aliphatic carbocycles. The van der Waals surface area contributed by atoms with Gasteiger partial charge < -0.3 is 20.1 Å². The van der Waals surface area contributed by atoms with Gasteiger partial charge in [-0.25, -0.2) is 4.79 Å². The monoisotopic (exact) mass is 425 g/mol. The number of carbonyl (C=O) groups excluding carboxylic acids is 1. The van der Waals surface area contributed by atoms with Gasteiger partial charge in [0, 0.05) is 36.8 Å². The average molecular weight is 425 g/mol. The normalized spacial score (nSPS) is 18.9. The number of benzene rings is 1. The fraction of sp³-hybridized carbons (Fsp3) is 0.500. The highest BCUT2D eigenvalue weighted by atomic mass is 19.4. The lowest BCUT2D eigenvalue weighted by Crippen LogP contribution is -2.64. The van der Waals surface area contributed by atoms with E-state index >= 15 is 0 Å². The van der Waals surface area contributed by atoms with Gasteiger partial charge in [-0.05, 0) is 49.8 Å². The molecule has 1 aromatic carbocycles. The molecule has 10 heteroatoms. The molecule has 0 radical (unpaired) electrons. The molecule has 1 spiro atoms. The minimum atomic E-state index is -5.17. The highest BCUT2D eigenvalue weighted by Crippen LogP contribution is 2.49. The van der Waals surface area contributed by atoms with Crippen LogP contribution in [0.15, 0.2) is 16.7 Å². The van der Waals surface area contributed by atoms with Gasteiger partial charge in [0.1, 0.15) is 5.76 Å². The lowest BCUT2D eigenvalue weighted by molar-refractivity contribution is -0.189. The second-order valence-corrected chi connectivity index (χ2v) is 8.38. The van der Waals surface area contributed by atoms with Gasteiger partial charge in [-0.2, -0.15) is 13.2 Å². The van der Waals surface area contributed by atoms with Crippen molar-refractivity contribution in [3.8, 4) is 22.6 Å². The molecule has 1 aromatic heterocycles. The standard InChI is InChI=1S/C20H22F3N3O4/c1-10-16(11(2)30-25-10)12-3-13(7-26-8-19(9-26)5-14(24)6-19)17(15(27)4-12)29-18(28)20(21,22)23/h3-4,14,27H,5-9,24H2,1-2H3. The number of aryl methyl sites for hydroxylation is 2. The van der Waals surface area contributed by atoms with Crippen LogP contribution >= 0.6 is 0 Å². The van der Waals surface area contributed by atoms with Crippen LogP contribution in [-0.4, -0.2) is 46.4 Å². The van der Waals surface area contributed by atoms with Gasteiger partial charge in [-0.1, -0.05) is 5.16 Å². The smallest absolute Gasteiger partial charge is 0.491 e. The molecule has 0 amide bonds. The molecule has 2 heterocycles. The van der Waals surface area contributed by atoms with Crippen LogP contribution < -0.4 is 10.5 Å². The fourth-order valence-corrected chi connectivity index (χ4v) is 4.66. The molecule has 162 valence electrons. The van der Waals surface area contributed by atoms with Crippen molar-refractivity contribution >= 4 is 5.97 Å². The van der Waals surface area contributed by atoms with Gasteiger partial charge in [0.25, 0.3) is 0 Å². The predicted octanol–water partition coefficient (Wildman–Crippen LogP) is 3.05. The van der Waals surface area contributed by atoms with Crippen molar-refractivity contribution in [1.82, 2.24) is 10.1 Å². The summed E-state index contributed by atoms with van der Waals surface area (Å²) in [4.78, 5) is 13.4. The number of ether oxygens (including phenoxy) is 1. The van der Waals surface area contributed by atoms with Gasteiger partial charge in [-0.15, -0.1) is 0 Å². The molecule has 2 aliphatic rings. The maximum atomic E-state index is 12.7. The zero-order valence-electron chi connectivity index (χ0n) is 16.5. The van der Waals surface area contributed by atoms with Crippen LogP contribution in [0.4, 0.5) is 13.2 Å². The van der Waals surface area contributed by atoms with Gasteiger partial charge in [0.05, 0.1) is 5.69 Å². The molecular weight excluding hydrogens is 403 g/mol. The van der Waals surface area contributed by atoms with Gasteiger partial charge in [-0.3, -0.25) is 4.90 Å². The number of likely N-dealkylation sites (tertiary alicyclic amines) is 1. The summed E-state index contributed by atoms with van der Waals surface area (Å²) in [7, 11) is 0. The van der Waals surface area contributed by atoms with E-state index in [0.29, 0.717) is 22.6 Å².